The maximum atomic E-state index is 10.7. The van der Waals surface area contributed by atoms with E-state index in [0.717, 1.165) is 0 Å². The van der Waals surface area contributed by atoms with Gasteiger partial charge in [-0.1, -0.05) is 83.9 Å². The number of rotatable bonds is 3. The van der Waals surface area contributed by atoms with Gasteiger partial charge in [0.2, 0.25) is 0 Å². The molecule has 8 heteroatoms. The van der Waals surface area contributed by atoms with E-state index in [1.807, 2.05) is 12.1 Å². The third kappa shape index (κ3) is 3.67. The highest BCUT2D eigenvalue weighted by atomic mass is 35.5. The number of halogens is 2. The van der Waals surface area contributed by atoms with Crippen molar-refractivity contribution in [3.63, 3.8) is 0 Å². The second kappa shape index (κ2) is 7.89. The van der Waals surface area contributed by atoms with Gasteiger partial charge < -0.3 is 29.2 Å². The van der Waals surface area contributed by atoms with Crippen molar-refractivity contribution < 1.29 is 29.2 Å². The molecule has 0 bridgehead atoms. The SMILES string of the molecule is OC[C@H]1OC(Cl)(c2ccccc2)O[C@@H]2[C@H]1OC(Cl)(c1ccccc1)OC[C@@H]2O. The molecule has 2 saturated heterocycles. The van der Waals surface area contributed by atoms with Gasteiger partial charge in [-0.3, -0.25) is 0 Å². The molecule has 6 nitrogen and oxygen atoms in total. The van der Waals surface area contributed by atoms with Crippen LogP contribution in [0, 0.1) is 0 Å². The predicted molar refractivity (Wildman–Crippen MR) is 102 cm³/mol. The summed E-state index contributed by atoms with van der Waals surface area (Å²) in [6, 6.07) is 17.8. The molecule has 2 N–H and O–H groups in total. The van der Waals surface area contributed by atoms with Gasteiger partial charge in [0.25, 0.3) is 10.5 Å². The molecule has 0 spiro atoms. The van der Waals surface area contributed by atoms with E-state index in [0.29, 0.717) is 11.1 Å². The number of hydrogen-bond acceptors (Lipinski definition) is 6. The summed E-state index contributed by atoms with van der Waals surface area (Å²) in [7, 11) is 0. The Labute approximate surface area is 172 Å². The number of fused-ring (bicyclic) bond motifs is 1. The minimum Gasteiger partial charge on any atom is -0.394 e. The molecule has 2 aromatic rings. The van der Waals surface area contributed by atoms with E-state index in [1.54, 1.807) is 48.5 Å². The van der Waals surface area contributed by atoms with Crippen LogP contribution < -0.4 is 0 Å². The van der Waals surface area contributed by atoms with E-state index < -0.39 is 41.5 Å². The lowest BCUT2D eigenvalue weighted by Gasteiger charge is -2.46. The Bertz CT molecular complexity index is 754. The number of benzene rings is 2. The summed E-state index contributed by atoms with van der Waals surface area (Å²) in [5.74, 6) is 0. The fraction of sp³-hybridized carbons (Fsp3) is 0.400. The predicted octanol–water partition coefficient (Wildman–Crippen LogP) is 2.64. The van der Waals surface area contributed by atoms with Gasteiger partial charge >= 0.3 is 0 Å². The first-order valence-corrected chi connectivity index (χ1v) is 9.66. The molecule has 6 atom stereocenters. The molecule has 0 amide bonds. The summed E-state index contributed by atoms with van der Waals surface area (Å²) in [6.07, 6.45) is -3.87. The molecule has 2 unspecified atom stereocenters. The molecule has 0 saturated carbocycles. The largest absolute Gasteiger partial charge is 0.394 e. The fourth-order valence-corrected chi connectivity index (χ4v) is 4.02. The van der Waals surface area contributed by atoms with E-state index in [4.69, 9.17) is 42.1 Å². The van der Waals surface area contributed by atoms with Crippen LogP contribution in [0.25, 0.3) is 0 Å². The molecule has 0 aromatic heterocycles. The second-order valence-corrected chi connectivity index (χ2v) is 7.68. The van der Waals surface area contributed by atoms with Crippen molar-refractivity contribution >= 4 is 23.2 Å². The van der Waals surface area contributed by atoms with Gasteiger partial charge in [0, 0.05) is 11.1 Å². The maximum absolute atomic E-state index is 10.7. The molecule has 150 valence electrons. The second-order valence-electron chi connectivity index (χ2n) is 6.69. The average Bonchev–Trinajstić information content (AvgIpc) is 2.86. The van der Waals surface area contributed by atoms with Crippen LogP contribution in [0.4, 0.5) is 0 Å². The molecule has 2 fully saturated rings. The summed E-state index contributed by atoms with van der Waals surface area (Å²) < 4.78 is 23.5. The Kier molecular flexibility index (Phi) is 5.66. The monoisotopic (exact) mass is 426 g/mol. The Hall–Kier alpha value is -1.22. The van der Waals surface area contributed by atoms with Gasteiger partial charge in [-0.15, -0.1) is 0 Å². The zero-order chi connectivity index (χ0) is 19.8. The van der Waals surface area contributed by atoms with Crippen LogP contribution in [0.3, 0.4) is 0 Å². The van der Waals surface area contributed by atoms with Crippen LogP contribution in [0.1, 0.15) is 11.1 Å². The van der Waals surface area contributed by atoms with Gasteiger partial charge in [-0.2, -0.15) is 0 Å². The first kappa shape index (κ1) is 20.1. The van der Waals surface area contributed by atoms with Gasteiger partial charge in [0.15, 0.2) is 0 Å². The zero-order valence-electron chi connectivity index (χ0n) is 14.8. The molecule has 4 rings (SSSR count). The van der Waals surface area contributed by atoms with Crippen LogP contribution in [-0.4, -0.2) is 47.8 Å². The highest BCUT2D eigenvalue weighted by Crippen LogP contribution is 2.46. The van der Waals surface area contributed by atoms with Crippen molar-refractivity contribution in [1.82, 2.24) is 0 Å². The third-order valence-electron chi connectivity index (χ3n) is 4.80. The van der Waals surface area contributed by atoms with Crippen molar-refractivity contribution in [2.75, 3.05) is 13.2 Å². The minimum absolute atomic E-state index is 0.153. The molecule has 2 aliphatic heterocycles. The Balaban J connectivity index is 1.68. The van der Waals surface area contributed by atoms with Crippen LogP contribution in [-0.2, 0) is 29.4 Å². The van der Waals surface area contributed by atoms with Crippen LogP contribution >= 0.6 is 23.2 Å². The minimum atomic E-state index is -1.69. The van der Waals surface area contributed by atoms with Gasteiger partial charge in [-0.25, -0.2) is 0 Å². The molecule has 0 radical (unpaired) electrons. The van der Waals surface area contributed by atoms with Gasteiger partial charge in [0.05, 0.1) is 13.2 Å². The molecule has 2 aromatic carbocycles. The topological polar surface area (TPSA) is 77.4 Å². The van der Waals surface area contributed by atoms with Crippen molar-refractivity contribution in [1.29, 1.82) is 0 Å². The van der Waals surface area contributed by atoms with Crippen molar-refractivity contribution in [3.8, 4) is 0 Å². The van der Waals surface area contributed by atoms with E-state index in [9.17, 15) is 10.2 Å². The normalized spacial score (nSPS) is 38.4. The highest BCUT2D eigenvalue weighted by Gasteiger charge is 2.55. The number of aliphatic hydroxyl groups is 2. The lowest BCUT2D eigenvalue weighted by atomic mass is 10.0. The summed E-state index contributed by atoms with van der Waals surface area (Å²) in [5.41, 5.74) is 1.08. The summed E-state index contributed by atoms with van der Waals surface area (Å²) in [6.45, 7) is -0.570. The maximum Gasteiger partial charge on any atom is 0.277 e. The quantitative estimate of drug-likeness (QED) is 0.734. The smallest absolute Gasteiger partial charge is 0.277 e. The number of ether oxygens (including phenoxy) is 4. The lowest BCUT2D eigenvalue weighted by Crippen LogP contribution is -2.59. The number of aliphatic hydroxyl groups excluding tert-OH is 2. The van der Waals surface area contributed by atoms with Crippen molar-refractivity contribution in [2.45, 2.75) is 34.9 Å². The molecular formula is C20H20Cl2O6. The Morgan fingerprint density at radius 3 is 1.93 bits per heavy atom. The third-order valence-corrected chi connectivity index (χ3v) is 5.62. The Morgan fingerprint density at radius 2 is 1.36 bits per heavy atom. The first-order chi connectivity index (χ1) is 13.5. The summed E-state index contributed by atoms with van der Waals surface area (Å²) >= 11 is 13.2. The lowest BCUT2D eigenvalue weighted by molar-refractivity contribution is -0.348. The summed E-state index contributed by atoms with van der Waals surface area (Å²) in [5, 5.41) is 17.3. The van der Waals surface area contributed by atoms with E-state index in [1.165, 1.54) is 0 Å². The van der Waals surface area contributed by atoms with Crippen LogP contribution in [0.15, 0.2) is 60.7 Å². The van der Waals surface area contributed by atoms with E-state index >= 15 is 0 Å². The Morgan fingerprint density at radius 1 is 0.821 bits per heavy atom. The molecule has 2 aliphatic rings. The van der Waals surface area contributed by atoms with Gasteiger partial charge in [0.1, 0.15) is 24.4 Å². The fourth-order valence-electron chi connectivity index (χ4n) is 3.38. The van der Waals surface area contributed by atoms with Crippen molar-refractivity contribution in [2.24, 2.45) is 0 Å². The molecule has 2 heterocycles. The molecule has 28 heavy (non-hydrogen) atoms. The molecular weight excluding hydrogens is 407 g/mol. The van der Waals surface area contributed by atoms with E-state index in [2.05, 4.69) is 0 Å². The van der Waals surface area contributed by atoms with E-state index in [-0.39, 0.29) is 6.61 Å². The summed E-state index contributed by atoms with van der Waals surface area (Å²) in [4.78, 5) is 0. The number of hydrogen-bond donors (Lipinski definition) is 2. The van der Waals surface area contributed by atoms with Crippen molar-refractivity contribution in [3.05, 3.63) is 71.8 Å². The van der Waals surface area contributed by atoms with Crippen LogP contribution in [0.2, 0.25) is 0 Å². The standard InChI is InChI=1S/C20H20Cl2O6/c21-19(13-7-3-1-4-8-13)25-12-15(24)17-18(28-19)16(11-23)26-20(22,27-17)14-9-5-2-6-10-14/h1-10,15-18,23-24H,11-12H2/t15-,16+,17-,18-,19?,20?/m0/s1. The van der Waals surface area contributed by atoms with Crippen LogP contribution in [0.5, 0.6) is 0 Å². The molecule has 0 aliphatic carbocycles. The average molecular weight is 427 g/mol. The zero-order valence-corrected chi connectivity index (χ0v) is 16.3. The van der Waals surface area contributed by atoms with Gasteiger partial charge in [-0.05, 0) is 0 Å². The first-order valence-electron chi connectivity index (χ1n) is 8.90. The highest BCUT2D eigenvalue weighted by molar-refractivity contribution is 6.22. The number of alkyl halides is 2.